The van der Waals surface area contributed by atoms with E-state index >= 15 is 0 Å². The second-order valence-electron chi connectivity index (χ2n) is 5.20. The lowest BCUT2D eigenvalue weighted by molar-refractivity contribution is -0.117. The van der Waals surface area contributed by atoms with Gasteiger partial charge in [-0.15, -0.1) is 0 Å². The summed E-state index contributed by atoms with van der Waals surface area (Å²) in [5.41, 5.74) is 6.31. The quantitative estimate of drug-likeness (QED) is 0.778. The Morgan fingerprint density at radius 2 is 2.16 bits per heavy atom. The van der Waals surface area contributed by atoms with Crippen LogP contribution in [0.25, 0.3) is 0 Å². The molecule has 0 fully saturated rings. The van der Waals surface area contributed by atoms with Gasteiger partial charge in [-0.05, 0) is 44.1 Å². The first-order valence-electron chi connectivity index (χ1n) is 6.42. The fourth-order valence-corrected chi connectivity index (χ4v) is 1.64. The smallest absolute Gasteiger partial charge is 0.238 e. The molecule has 0 atom stereocenters. The molecule has 5 heteroatoms. The van der Waals surface area contributed by atoms with Crippen molar-refractivity contribution in [3.05, 3.63) is 24.0 Å². The summed E-state index contributed by atoms with van der Waals surface area (Å²) >= 11 is 0. The number of nitrogens with one attached hydrogen (secondary N) is 1. The zero-order valence-corrected chi connectivity index (χ0v) is 11.7. The van der Waals surface area contributed by atoms with Gasteiger partial charge in [0.25, 0.3) is 0 Å². The number of amides is 1. The number of benzene rings is 1. The van der Waals surface area contributed by atoms with Crippen molar-refractivity contribution in [2.75, 3.05) is 31.2 Å². The van der Waals surface area contributed by atoms with Crippen LogP contribution in [0.3, 0.4) is 0 Å². The summed E-state index contributed by atoms with van der Waals surface area (Å²) in [7, 11) is 1.90. The van der Waals surface area contributed by atoms with Crippen molar-refractivity contribution in [3.63, 3.8) is 0 Å². The Bertz CT molecular complexity index is 435. The maximum Gasteiger partial charge on any atom is 0.238 e. The lowest BCUT2D eigenvalue weighted by Gasteiger charge is -2.17. The highest BCUT2D eigenvalue weighted by atomic mass is 19.1. The molecule has 106 valence electrons. The number of halogens is 1. The lowest BCUT2D eigenvalue weighted by Crippen LogP contribution is -2.31. The topological polar surface area (TPSA) is 58.4 Å². The van der Waals surface area contributed by atoms with E-state index in [1.165, 1.54) is 18.2 Å². The SMILES string of the molecule is CC(C)CCN(C)CC(=O)Nc1ccc(F)cc1N. The van der Waals surface area contributed by atoms with Crippen molar-refractivity contribution < 1.29 is 9.18 Å². The maximum atomic E-state index is 12.9. The van der Waals surface area contributed by atoms with Crippen molar-refractivity contribution >= 4 is 17.3 Å². The number of hydrogen-bond acceptors (Lipinski definition) is 3. The van der Waals surface area contributed by atoms with Crippen molar-refractivity contribution in [2.45, 2.75) is 20.3 Å². The van der Waals surface area contributed by atoms with Crippen molar-refractivity contribution in [2.24, 2.45) is 5.92 Å². The third-order valence-electron chi connectivity index (χ3n) is 2.79. The number of nitrogens with two attached hydrogens (primary N) is 1. The van der Waals surface area contributed by atoms with Gasteiger partial charge in [0.05, 0.1) is 17.9 Å². The predicted octanol–water partition coefficient (Wildman–Crippen LogP) is 2.32. The molecule has 1 aromatic carbocycles. The Kier molecular flexibility index (Phi) is 5.76. The van der Waals surface area contributed by atoms with Crippen LogP contribution in [0.2, 0.25) is 0 Å². The molecule has 3 N–H and O–H groups in total. The van der Waals surface area contributed by atoms with Crippen LogP contribution in [0.1, 0.15) is 20.3 Å². The molecule has 1 rings (SSSR count). The molecule has 0 aliphatic rings. The number of nitrogens with zero attached hydrogens (tertiary/aromatic N) is 1. The predicted molar refractivity (Wildman–Crippen MR) is 76.4 cm³/mol. The van der Waals surface area contributed by atoms with Gasteiger partial charge in [-0.25, -0.2) is 4.39 Å². The average Bonchev–Trinajstić information content (AvgIpc) is 2.30. The van der Waals surface area contributed by atoms with Gasteiger partial charge >= 0.3 is 0 Å². The zero-order chi connectivity index (χ0) is 14.4. The van der Waals surface area contributed by atoms with Gasteiger partial charge in [-0.1, -0.05) is 13.8 Å². The number of anilines is 2. The van der Waals surface area contributed by atoms with E-state index in [4.69, 9.17) is 5.73 Å². The van der Waals surface area contributed by atoms with E-state index in [-0.39, 0.29) is 11.6 Å². The molecule has 0 aromatic heterocycles. The van der Waals surface area contributed by atoms with Gasteiger partial charge in [0.15, 0.2) is 0 Å². The fourth-order valence-electron chi connectivity index (χ4n) is 1.64. The number of carbonyl (C=O) groups excluding carboxylic acids is 1. The van der Waals surface area contributed by atoms with E-state index in [9.17, 15) is 9.18 Å². The van der Waals surface area contributed by atoms with Crippen LogP contribution in [-0.4, -0.2) is 30.9 Å². The van der Waals surface area contributed by atoms with E-state index in [0.717, 1.165) is 13.0 Å². The summed E-state index contributed by atoms with van der Waals surface area (Å²) in [4.78, 5) is 13.8. The number of likely N-dealkylation sites (N-methyl/N-ethyl adjacent to an activating group) is 1. The summed E-state index contributed by atoms with van der Waals surface area (Å²) in [6.45, 7) is 5.45. The molecule has 0 bridgehead atoms. The normalized spacial score (nSPS) is 11.1. The summed E-state index contributed by atoms with van der Waals surface area (Å²) in [6, 6.07) is 3.93. The second kappa shape index (κ2) is 7.09. The van der Waals surface area contributed by atoms with Gasteiger partial charge < -0.3 is 11.1 Å². The highest BCUT2D eigenvalue weighted by Gasteiger charge is 2.09. The molecule has 1 amide bonds. The van der Waals surface area contributed by atoms with Gasteiger partial charge in [-0.3, -0.25) is 9.69 Å². The molecule has 0 aliphatic carbocycles. The second-order valence-corrected chi connectivity index (χ2v) is 5.20. The van der Waals surface area contributed by atoms with Crippen LogP contribution in [0, 0.1) is 11.7 Å². The first-order chi connectivity index (χ1) is 8.88. The fraction of sp³-hybridized carbons (Fsp3) is 0.500. The molecule has 19 heavy (non-hydrogen) atoms. The lowest BCUT2D eigenvalue weighted by atomic mass is 10.1. The zero-order valence-electron chi connectivity index (χ0n) is 11.7. The summed E-state index contributed by atoms with van der Waals surface area (Å²) in [5, 5.41) is 2.68. The molecule has 0 saturated heterocycles. The van der Waals surface area contributed by atoms with E-state index in [1.807, 2.05) is 11.9 Å². The molecule has 0 unspecified atom stereocenters. The molecule has 4 nitrogen and oxygen atoms in total. The van der Waals surface area contributed by atoms with Gasteiger partial charge in [0.1, 0.15) is 5.82 Å². The highest BCUT2D eigenvalue weighted by Crippen LogP contribution is 2.18. The van der Waals surface area contributed by atoms with Crippen molar-refractivity contribution in [1.82, 2.24) is 4.90 Å². The molecule has 0 saturated carbocycles. The number of carbonyl (C=O) groups is 1. The Labute approximate surface area is 113 Å². The molecule has 0 heterocycles. The third kappa shape index (κ3) is 5.70. The number of hydrogen-bond donors (Lipinski definition) is 2. The third-order valence-corrected chi connectivity index (χ3v) is 2.79. The van der Waals surface area contributed by atoms with Crippen molar-refractivity contribution in [1.29, 1.82) is 0 Å². The molecular formula is C14H22FN3O. The van der Waals surface area contributed by atoms with Crippen LogP contribution in [0.5, 0.6) is 0 Å². The van der Waals surface area contributed by atoms with Crippen LogP contribution < -0.4 is 11.1 Å². The molecule has 0 aliphatic heterocycles. The Balaban J connectivity index is 2.46. The monoisotopic (exact) mass is 267 g/mol. The van der Waals surface area contributed by atoms with E-state index in [0.29, 0.717) is 18.2 Å². The van der Waals surface area contributed by atoms with Crippen LogP contribution in [0.4, 0.5) is 15.8 Å². The van der Waals surface area contributed by atoms with Gasteiger partial charge in [0, 0.05) is 0 Å². The number of rotatable bonds is 6. The largest absolute Gasteiger partial charge is 0.397 e. The van der Waals surface area contributed by atoms with Gasteiger partial charge in [-0.2, -0.15) is 0 Å². The van der Waals surface area contributed by atoms with Crippen LogP contribution >= 0.6 is 0 Å². The van der Waals surface area contributed by atoms with Crippen molar-refractivity contribution in [3.8, 4) is 0 Å². The van der Waals surface area contributed by atoms with Gasteiger partial charge in [0.2, 0.25) is 5.91 Å². The first-order valence-corrected chi connectivity index (χ1v) is 6.42. The van der Waals surface area contributed by atoms with Crippen LogP contribution in [-0.2, 0) is 4.79 Å². The summed E-state index contributed by atoms with van der Waals surface area (Å²) in [5.74, 6) is 0.0485. The minimum atomic E-state index is -0.412. The van der Waals surface area contributed by atoms with E-state index in [2.05, 4.69) is 19.2 Å². The minimum absolute atomic E-state index is 0.149. The molecule has 0 spiro atoms. The number of nitrogen functional groups attached to an aromatic ring is 1. The maximum absolute atomic E-state index is 12.9. The highest BCUT2D eigenvalue weighted by molar-refractivity contribution is 5.95. The van der Waals surface area contributed by atoms with E-state index < -0.39 is 5.82 Å². The molecule has 0 radical (unpaired) electrons. The average molecular weight is 267 g/mol. The Morgan fingerprint density at radius 1 is 1.47 bits per heavy atom. The standard InChI is InChI=1S/C14H22FN3O/c1-10(2)6-7-18(3)9-14(19)17-13-5-4-11(15)8-12(13)16/h4-5,8,10H,6-7,9,16H2,1-3H3,(H,17,19). The first kappa shape index (κ1) is 15.4. The summed E-state index contributed by atoms with van der Waals surface area (Å²) < 4.78 is 12.9. The minimum Gasteiger partial charge on any atom is -0.397 e. The molecular weight excluding hydrogens is 245 g/mol. The van der Waals surface area contributed by atoms with E-state index in [1.54, 1.807) is 0 Å². The van der Waals surface area contributed by atoms with Crippen LogP contribution in [0.15, 0.2) is 18.2 Å². The molecule has 1 aromatic rings. The Hall–Kier alpha value is -1.62. The Morgan fingerprint density at radius 3 is 2.74 bits per heavy atom. The summed E-state index contributed by atoms with van der Waals surface area (Å²) in [6.07, 6.45) is 1.04.